The summed E-state index contributed by atoms with van der Waals surface area (Å²) in [5.41, 5.74) is 0. The van der Waals surface area contributed by atoms with E-state index in [1.54, 1.807) is 0 Å². The van der Waals surface area contributed by atoms with Gasteiger partial charge in [0, 0.05) is 0 Å². The van der Waals surface area contributed by atoms with Crippen LogP contribution in [0, 0.1) is 5.92 Å². The van der Waals surface area contributed by atoms with Crippen molar-refractivity contribution in [2.45, 2.75) is 45.4 Å². The van der Waals surface area contributed by atoms with E-state index in [0.717, 1.165) is 18.8 Å². The second kappa shape index (κ2) is 6.05. The molecule has 0 saturated heterocycles. The molecule has 0 spiro atoms. The second-order valence-corrected chi connectivity index (χ2v) is 3.61. The van der Waals surface area contributed by atoms with Crippen LogP contribution < -0.4 is 0 Å². The molecule has 0 heteroatoms. The van der Waals surface area contributed by atoms with E-state index in [0.29, 0.717) is 0 Å². The summed E-state index contributed by atoms with van der Waals surface area (Å²) in [6.45, 7) is 2.17. The Bertz CT molecular complexity index is 149. The van der Waals surface area contributed by atoms with Crippen molar-refractivity contribution in [1.82, 2.24) is 0 Å². The van der Waals surface area contributed by atoms with Crippen molar-refractivity contribution < 1.29 is 0 Å². The molecule has 0 atom stereocenters. The van der Waals surface area contributed by atoms with E-state index in [1.165, 1.54) is 25.7 Å². The highest BCUT2D eigenvalue weighted by atomic mass is 14.2. The smallest absolute Gasteiger partial charge is 0.0169 e. The van der Waals surface area contributed by atoms with E-state index in [1.807, 2.05) is 0 Å². The highest BCUT2D eigenvalue weighted by molar-refractivity contribution is 4.92. The fraction of sp³-hybridized carbons (Fsp3) is 0.667. The first-order chi connectivity index (χ1) is 5.93. The summed E-state index contributed by atoms with van der Waals surface area (Å²) in [5, 5.41) is 0. The summed E-state index contributed by atoms with van der Waals surface area (Å²) in [4.78, 5) is 0. The Labute approximate surface area is 76.4 Å². The van der Waals surface area contributed by atoms with Gasteiger partial charge < -0.3 is 0 Å². The first-order valence-corrected chi connectivity index (χ1v) is 5.23. The third kappa shape index (κ3) is 5.17. The molecular weight excluding hydrogens is 144 g/mol. The number of allylic oxidation sites excluding steroid dienone is 4. The summed E-state index contributed by atoms with van der Waals surface area (Å²) in [6.07, 6.45) is 17.1. The van der Waals surface area contributed by atoms with Gasteiger partial charge >= 0.3 is 0 Å². The summed E-state index contributed by atoms with van der Waals surface area (Å²) in [5.74, 6) is 1.08. The number of rotatable bonds is 6. The van der Waals surface area contributed by atoms with Crippen LogP contribution in [0.2, 0.25) is 0 Å². The number of hydrogen-bond acceptors (Lipinski definition) is 0. The fourth-order valence-corrected chi connectivity index (χ4v) is 1.29. The molecule has 1 rings (SSSR count). The lowest BCUT2D eigenvalue weighted by Crippen LogP contribution is -1.72. The Morgan fingerprint density at radius 1 is 1.08 bits per heavy atom. The normalized spacial score (nSPS) is 18.1. The highest BCUT2D eigenvalue weighted by Gasteiger charge is 2.19. The Hall–Kier alpha value is -0.520. The van der Waals surface area contributed by atoms with Crippen molar-refractivity contribution in [1.29, 1.82) is 0 Å². The van der Waals surface area contributed by atoms with Crippen molar-refractivity contribution >= 4 is 0 Å². The van der Waals surface area contributed by atoms with Crippen molar-refractivity contribution in [3.8, 4) is 0 Å². The average Bonchev–Trinajstić information content (AvgIpc) is 2.87. The van der Waals surface area contributed by atoms with Crippen molar-refractivity contribution in [3.05, 3.63) is 24.3 Å². The molecule has 0 nitrogen and oxygen atoms in total. The van der Waals surface area contributed by atoms with E-state index >= 15 is 0 Å². The van der Waals surface area contributed by atoms with Crippen LogP contribution in [-0.4, -0.2) is 0 Å². The van der Waals surface area contributed by atoms with E-state index in [2.05, 4.69) is 31.2 Å². The van der Waals surface area contributed by atoms with Crippen molar-refractivity contribution in [2.75, 3.05) is 0 Å². The molecule has 12 heavy (non-hydrogen) atoms. The SMILES string of the molecule is CCC=CCC=CCCC1CC1. The second-order valence-electron chi connectivity index (χ2n) is 3.61. The molecule has 1 saturated carbocycles. The molecule has 0 aliphatic heterocycles. The molecule has 0 bridgehead atoms. The molecule has 0 heterocycles. The number of hydrogen-bond donors (Lipinski definition) is 0. The van der Waals surface area contributed by atoms with Crippen LogP contribution in [0.3, 0.4) is 0 Å². The van der Waals surface area contributed by atoms with Gasteiger partial charge in [-0.15, -0.1) is 0 Å². The van der Waals surface area contributed by atoms with Gasteiger partial charge in [0.25, 0.3) is 0 Å². The molecule has 0 aromatic heterocycles. The Kier molecular flexibility index (Phi) is 4.82. The summed E-state index contributed by atoms with van der Waals surface area (Å²) in [7, 11) is 0. The van der Waals surface area contributed by atoms with Gasteiger partial charge in [-0.3, -0.25) is 0 Å². The van der Waals surface area contributed by atoms with Gasteiger partial charge in [-0.25, -0.2) is 0 Å². The van der Waals surface area contributed by atoms with E-state index in [4.69, 9.17) is 0 Å². The first kappa shape index (κ1) is 9.57. The maximum atomic E-state index is 2.33. The van der Waals surface area contributed by atoms with Gasteiger partial charge in [0.1, 0.15) is 0 Å². The van der Waals surface area contributed by atoms with Crippen LogP contribution in [-0.2, 0) is 0 Å². The standard InChI is InChI=1S/C12H20/c1-2-3-4-5-6-7-8-9-12-10-11-12/h3-4,6-7,12H,2,5,8-11H2,1H3. The predicted molar refractivity (Wildman–Crippen MR) is 55.1 cm³/mol. The summed E-state index contributed by atoms with van der Waals surface area (Å²) < 4.78 is 0. The monoisotopic (exact) mass is 164 g/mol. The molecule has 1 fully saturated rings. The summed E-state index contributed by atoms with van der Waals surface area (Å²) in [6, 6.07) is 0. The van der Waals surface area contributed by atoms with Gasteiger partial charge in [-0.2, -0.15) is 0 Å². The van der Waals surface area contributed by atoms with Crippen LogP contribution in [0.5, 0.6) is 0 Å². The Morgan fingerprint density at radius 2 is 1.83 bits per heavy atom. The molecule has 0 N–H and O–H groups in total. The molecule has 0 radical (unpaired) electrons. The van der Waals surface area contributed by atoms with Gasteiger partial charge in [-0.1, -0.05) is 44.1 Å². The molecule has 0 aromatic carbocycles. The summed E-state index contributed by atoms with van der Waals surface area (Å²) >= 11 is 0. The van der Waals surface area contributed by atoms with Crippen LogP contribution in [0.15, 0.2) is 24.3 Å². The van der Waals surface area contributed by atoms with Crippen LogP contribution >= 0.6 is 0 Å². The molecule has 0 aromatic rings. The lowest BCUT2D eigenvalue weighted by Gasteiger charge is -1.88. The van der Waals surface area contributed by atoms with Gasteiger partial charge in [-0.05, 0) is 31.6 Å². The van der Waals surface area contributed by atoms with Crippen LogP contribution in [0.25, 0.3) is 0 Å². The van der Waals surface area contributed by atoms with Gasteiger partial charge in [0.05, 0.1) is 0 Å². The molecule has 68 valence electrons. The van der Waals surface area contributed by atoms with Crippen LogP contribution in [0.4, 0.5) is 0 Å². The minimum atomic E-state index is 1.08. The zero-order valence-corrected chi connectivity index (χ0v) is 8.13. The third-order valence-corrected chi connectivity index (χ3v) is 2.28. The lowest BCUT2D eigenvalue weighted by atomic mass is 10.2. The first-order valence-electron chi connectivity index (χ1n) is 5.23. The maximum absolute atomic E-state index is 2.33. The zero-order chi connectivity index (χ0) is 8.65. The lowest BCUT2D eigenvalue weighted by molar-refractivity contribution is 0.741. The zero-order valence-electron chi connectivity index (χ0n) is 8.13. The molecular formula is C12H20. The third-order valence-electron chi connectivity index (χ3n) is 2.28. The van der Waals surface area contributed by atoms with Gasteiger partial charge in [0.2, 0.25) is 0 Å². The van der Waals surface area contributed by atoms with E-state index in [9.17, 15) is 0 Å². The Balaban J connectivity index is 1.86. The quantitative estimate of drug-likeness (QED) is 0.519. The van der Waals surface area contributed by atoms with E-state index < -0.39 is 0 Å². The van der Waals surface area contributed by atoms with Crippen molar-refractivity contribution in [2.24, 2.45) is 5.92 Å². The largest absolute Gasteiger partial charge is 0.0885 e. The fourth-order valence-electron chi connectivity index (χ4n) is 1.29. The molecule has 1 aliphatic rings. The average molecular weight is 164 g/mol. The minimum absolute atomic E-state index is 1.08. The van der Waals surface area contributed by atoms with Gasteiger partial charge in [0.15, 0.2) is 0 Å². The maximum Gasteiger partial charge on any atom is -0.0169 e. The topological polar surface area (TPSA) is 0 Å². The predicted octanol–water partition coefficient (Wildman–Crippen LogP) is 4.09. The highest BCUT2D eigenvalue weighted by Crippen LogP contribution is 2.33. The minimum Gasteiger partial charge on any atom is -0.0885 e. The van der Waals surface area contributed by atoms with Crippen molar-refractivity contribution in [3.63, 3.8) is 0 Å². The van der Waals surface area contributed by atoms with Crippen LogP contribution in [0.1, 0.15) is 45.4 Å². The Morgan fingerprint density at radius 3 is 2.50 bits per heavy atom. The molecule has 0 unspecified atom stereocenters. The van der Waals surface area contributed by atoms with E-state index in [-0.39, 0.29) is 0 Å². The molecule has 0 amide bonds. The molecule has 1 aliphatic carbocycles.